The fourth-order valence-corrected chi connectivity index (χ4v) is 1.53. The van der Waals surface area contributed by atoms with E-state index in [1.807, 2.05) is 0 Å². The highest BCUT2D eigenvalue weighted by molar-refractivity contribution is 7.60. The Morgan fingerprint density at radius 1 is 1.07 bits per heavy atom. The lowest BCUT2D eigenvalue weighted by Crippen LogP contribution is -2.14. The van der Waals surface area contributed by atoms with E-state index in [-0.39, 0.29) is 11.9 Å². The second kappa shape index (κ2) is 3.89. The lowest BCUT2D eigenvalue weighted by Gasteiger charge is -2.06. The molecule has 0 amide bonds. The summed E-state index contributed by atoms with van der Waals surface area (Å²) in [4.78, 5) is 3.63. The summed E-state index contributed by atoms with van der Waals surface area (Å²) in [5, 5.41) is 10.1. The molecule has 1 aromatic rings. The molecule has 0 aliphatic heterocycles. The number of anilines is 2. The van der Waals surface area contributed by atoms with Gasteiger partial charge in [0.25, 0.3) is 21.1 Å². The molecule has 0 fully saturated rings. The topological polar surface area (TPSA) is 204 Å². The van der Waals surface area contributed by atoms with Crippen LogP contribution in [0.5, 0.6) is 0 Å². The van der Waals surface area contributed by atoms with E-state index in [4.69, 9.17) is 22.0 Å². The van der Waals surface area contributed by atoms with Gasteiger partial charge in [-0.05, 0) is 0 Å². The van der Waals surface area contributed by atoms with Crippen molar-refractivity contribution in [3.05, 3.63) is 0 Å². The van der Waals surface area contributed by atoms with Gasteiger partial charge in [0.2, 0.25) is 5.95 Å². The van der Waals surface area contributed by atoms with Crippen LogP contribution in [0.4, 0.5) is 11.9 Å². The van der Waals surface area contributed by atoms with Gasteiger partial charge in [-0.15, -0.1) is 5.10 Å². The monoisotopic (exact) mass is 255 g/mol. The Bertz CT molecular complexity index is 389. The molecule has 1 heterocycles. The Kier molecular flexibility index (Phi) is 3.14. The third-order valence-corrected chi connectivity index (χ3v) is 2.15. The molecule has 0 saturated carbocycles. The van der Waals surface area contributed by atoms with Gasteiger partial charge in [0.1, 0.15) is 0 Å². The minimum absolute atomic E-state index is 0.0562. The van der Waals surface area contributed by atoms with Gasteiger partial charge in [-0.3, -0.25) is 41.3 Å². The number of aromatic nitrogens is 3. The Labute approximate surface area is 84.4 Å². The number of hydrogen-bond acceptors (Lipinski definition) is 4. The lowest BCUT2D eigenvalue weighted by atomic mass is 11.0. The van der Waals surface area contributed by atoms with Crippen LogP contribution in [0.3, 0.4) is 0 Å². The summed E-state index contributed by atoms with van der Waals surface area (Å²) >= 11 is 0. The summed E-state index contributed by atoms with van der Waals surface area (Å²) in [6, 6.07) is 0. The summed E-state index contributed by atoms with van der Waals surface area (Å²) in [6.07, 6.45) is 0. The first-order valence-electron chi connectivity index (χ1n) is 3.49. The smallest absolute Gasteiger partial charge is 0.282 e. The van der Waals surface area contributed by atoms with Crippen LogP contribution in [0, 0.1) is 0 Å². The molecule has 0 aliphatic rings. The first-order valence-corrected chi connectivity index (χ1v) is 7.18. The van der Waals surface area contributed by atoms with Crippen molar-refractivity contribution in [3.63, 3.8) is 0 Å². The first-order chi connectivity index (χ1) is 6.66. The number of hydrogen-bond donors (Lipinski definition) is 7. The molecule has 0 spiro atoms. The molecular weight excluding hydrogens is 244 g/mol. The number of H-pyrrole nitrogens is 1. The molecule has 0 saturated heterocycles. The highest BCUT2D eigenvalue weighted by Gasteiger charge is 2.14. The fraction of sp³-hybridized carbons (Fsp3) is 0. The summed E-state index contributed by atoms with van der Waals surface area (Å²) < 4.78 is 21.8. The molecule has 0 aliphatic carbocycles. The molecule has 11 nitrogen and oxygen atoms in total. The van der Waals surface area contributed by atoms with E-state index in [2.05, 4.69) is 25.4 Å². The Morgan fingerprint density at radius 2 is 1.60 bits per heavy atom. The van der Waals surface area contributed by atoms with Crippen LogP contribution in [0.2, 0.25) is 0 Å². The maximum absolute atomic E-state index is 10.9. The van der Waals surface area contributed by atoms with Crippen molar-refractivity contribution in [3.8, 4) is 0 Å². The van der Waals surface area contributed by atoms with Crippen molar-refractivity contribution >= 4 is 27.1 Å². The van der Waals surface area contributed by atoms with E-state index in [0.717, 1.165) is 0 Å². The Morgan fingerprint density at radius 3 is 2.07 bits per heavy atom. The molecule has 0 aromatic carbocycles. The zero-order valence-corrected chi connectivity index (χ0v) is 9.20. The average molecular weight is 255 g/mol. The maximum Gasteiger partial charge on any atom is 0.300 e. The van der Waals surface area contributed by atoms with E-state index in [1.54, 1.807) is 0 Å². The van der Waals surface area contributed by atoms with Crippen molar-refractivity contribution in [2.75, 3.05) is 10.2 Å². The van der Waals surface area contributed by atoms with Gasteiger partial charge in [-0.2, -0.15) is 4.98 Å². The van der Waals surface area contributed by atoms with Gasteiger partial charge in [-0.25, -0.2) is 5.10 Å². The zero-order chi connectivity index (χ0) is 11.7. The summed E-state index contributed by atoms with van der Waals surface area (Å²) in [5.74, 6) is -0.182. The first kappa shape index (κ1) is 12.1. The lowest BCUT2D eigenvalue weighted by molar-refractivity contribution is 0.579. The van der Waals surface area contributed by atoms with Crippen LogP contribution in [-0.2, 0) is 9.13 Å². The van der Waals surface area contributed by atoms with Crippen LogP contribution < -0.4 is 32.2 Å². The van der Waals surface area contributed by atoms with E-state index in [1.165, 1.54) is 0 Å². The molecule has 0 bridgehead atoms. The van der Waals surface area contributed by atoms with Crippen LogP contribution in [0.15, 0.2) is 0 Å². The maximum atomic E-state index is 10.9. The number of aromatic amines is 1. The SMILES string of the molecule is NP(N)(=O)Nc1n[nH]c(NP(N)(N)=O)n1. The van der Waals surface area contributed by atoms with Crippen LogP contribution >= 0.6 is 15.2 Å². The van der Waals surface area contributed by atoms with Crippen LogP contribution in [0.25, 0.3) is 0 Å². The van der Waals surface area contributed by atoms with Crippen LogP contribution in [0.1, 0.15) is 0 Å². The van der Waals surface area contributed by atoms with Gasteiger partial charge < -0.3 is 0 Å². The molecule has 1 rings (SSSR count). The van der Waals surface area contributed by atoms with Gasteiger partial charge in [0, 0.05) is 0 Å². The van der Waals surface area contributed by atoms with Crippen molar-refractivity contribution in [1.82, 2.24) is 15.2 Å². The van der Waals surface area contributed by atoms with Gasteiger partial charge in [0.15, 0.2) is 0 Å². The normalized spacial score (nSPS) is 12.5. The fourth-order valence-electron chi connectivity index (χ4n) is 0.684. The standard InChI is InChI=1S/C2H11N9O2P2/c3-14(4,12)10-1-7-2(9-8-1)11-15(5,6)13/h(H11,3,4,5,6,7,8,9,10,11,12,13). The Balaban J connectivity index is 2.73. The molecule has 13 heteroatoms. The summed E-state index contributed by atoms with van der Waals surface area (Å²) in [5.41, 5.74) is 20.0. The molecular formula is C2H11N9O2P2. The molecule has 0 unspecified atom stereocenters. The average Bonchev–Trinajstić information content (AvgIpc) is 2.28. The predicted octanol–water partition coefficient (Wildman–Crippen LogP) is -1.32. The number of nitrogens with zero attached hydrogens (tertiary/aromatic N) is 2. The quantitative estimate of drug-likeness (QED) is 0.316. The summed E-state index contributed by atoms with van der Waals surface area (Å²) in [6.45, 7) is 0. The van der Waals surface area contributed by atoms with Crippen LogP contribution in [-0.4, -0.2) is 15.2 Å². The van der Waals surface area contributed by atoms with E-state index in [0.29, 0.717) is 0 Å². The minimum atomic E-state index is -3.48. The van der Waals surface area contributed by atoms with Gasteiger partial charge >= 0.3 is 0 Å². The number of nitrogens with one attached hydrogen (secondary N) is 3. The molecule has 86 valence electrons. The van der Waals surface area contributed by atoms with E-state index in [9.17, 15) is 9.13 Å². The Hall–Kier alpha value is -0.960. The van der Waals surface area contributed by atoms with Crippen molar-refractivity contribution in [2.45, 2.75) is 0 Å². The minimum Gasteiger partial charge on any atom is -0.282 e. The summed E-state index contributed by atoms with van der Waals surface area (Å²) in [7, 11) is -6.95. The van der Waals surface area contributed by atoms with Crippen molar-refractivity contribution in [1.29, 1.82) is 0 Å². The number of rotatable bonds is 4. The molecule has 0 radical (unpaired) electrons. The van der Waals surface area contributed by atoms with Gasteiger partial charge in [0.05, 0.1) is 0 Å². The van der Waals surface area contributed by atoms with E-state index < -0.39 is 15.2 Å². The zero-order valence-electron chi connectivity index (χ0n) is 7.41. The number of nitrogens with two attached hydrogens (primary N) is 4. The second-order valence-electron chi connectivity index (χ2n) is 2.65. The highest BCUT2D eigenvalue weighted by atomic mass is 31.2. The highest BCUT2D eigenvalue weighted by Crippen LogP contribution is 2.28. The molecule has 1 aromatic heterocycles. The van der Waals surface area contributed by atoms with Crippen molar-refractivity contribution < 1.29 is 9.13 Å². The largest absolute Gasteiger partial charge is 0.300 e. The predicted molar refractivity (Wildman–Crippen MR) is 55.6 cm³/mol. The molecule has 15 heavy (non-hydrogen) atoms. The van der Waals surface area contributed by atoms with Gasteiger partial charge in [-0.1, -0.05) is 0 Å². The second-order valence-corrected chi connectivity index (χ2v) is 5.93. The molecule has 11 N–H and O–H groups in total. The van der Waals surface area contributed by atoms with Crippen molar-refractivity contribution in [2.24, 2.45) is 22.0 Å². The van der Waals surface area contributed by atoms with E-state index >= 15 is 0 Å². The third-order valence-electron chi connectivity index (χ3n) is 1.04. The third kappa shape index (κ3) is 4.88. The molecule has 0 atom stereocenters.